The SMILES string of the molecule is CN(Cc1cccc(F)c1)Cc1cc(N)ccc1Br. The monoisotopic (exact) mass is 322 g/mol. The second kappa shape index (κ2) is 6.17. The van der Waals surface area contributed by atoms with E-state index in [2.05, 4.69) is 20.8 Å². The number of rotatable bonds is 4. The summed E-state index contributed by atoms with van der Waals surface area (Å²) in [4.78, 5) is 2.12. The van der Waals surface area contributed by atoms with Gasteiger partial charge in [0.1, 0.15) is 5.82 Å². The smallest absolute Gasteiger partial charge is 0.123 e. The van der Waals surface area contributed by atoms with Gasteiger partial charge in [0.05, 0.1) is 0 Å². The van der Waals surface area contributed by atoms with E-state index < -0.39 is 0 Å². The molecule has 2 nitrogen and oxygen atoms in total. The Labute approximate surface area is 121 Å². The van der Waals surface area contributed by atoms with Crippen molar-refractivity contribution in [3.63, 3.8) is 0 Å². The van der Waals surface area contributed by atoms with Crippen molar-refractivity contribution in [2.45, 2.75) is 13.1 Å². The number of benzene rings is 2. The Morgan fingerprint density at radius 3 is 2.68 bits per heavy atom. The number of hydrogen-bond acceptors (Lipinski definition) is 2. The van der Waals surface area contributed by atoms with Gasteiger partial charge in [-0.2, -0.15) is 0 Å². The van der Waals surface area contributed by atoms with Gasteiger partial charge in [0.2, 0.25) is 0 Å². The molecule has 2 rings (SSSR count). The Bertz CT molecular complexity index is 572. The third-order valence-corrected chi connectivity index (χ3v) is 3.63. The van der Waals surface area contributed by atoms with Gasteiger partial charge in [-0.25, -0.2) is 4.39 Å². The highest BCUT2D eigenvalue weighted by molar-refractivity contribution is 9.10. The minimum atomic E-state index is -0.198. The van der Waals surface area contributed by atoms with Crippen molar-refractivity contribution < 1.29 is 4.39 Å². The fraction of sp³-hybridized carbons (Fsp3) is 0.200. The Morgan fingerprint density at radius 1 is 1.16 bits per heavy atom. The van der Waals surface area contributed by atoms with E-state index in [9.17, 15) is 4.39 Å². The molecule has 0 unspecified atom stereocenters. The molecule has 4 heteroatoms. The van der Waals surface area contributed by atoms with Gasteiger partial charge in [0.15, 0.2) is 0 Å². The molecule has 0 atom stereocenters. The average molecular weight is 323 g/mol. The van der Waals surface area contributed by atoms with E-state index in [0.29, 0.717) is 6.54 Å². The normalized spacial score (nSPS) is 10.9. The third-order valence-electron chi connectivity index (χ3n) is 2.85. The zero-order chi connectivity index (χ0) is 13.8. The van der Waals surface area contributed by atoms with E-state index in [1.165, 1.54) is 6.07 Å². The quantitative estimate of drug-likeness (QED) is 0.867. The van der Waals surface area contributed by atoms with Crippen LogP contribution in [0.2, 0.25) is 0 Å². The molecule has 0 aliphatic carbocycles. The first kappa shape index (κ1) is 14.0. The van der Waals surface area contributed by atoms with E-state index in [1.54, 1.807) is 12.1 Å². The molecule has 2 N–H and O–H groups in total. The first-order valence-electron chi connectivity index (χ1n) is 6.01. The summed E-state index contributed by atoms with van der Waals surface area (Å²) < 4.78 is 14.2. The molecule has 19 heavy (non-hydrogen) atoms. The minimum absolute atomic E-state index is 0.198. The molecule has 100 valence electrons. The lowest BCUT2D eigenvalue weighted by molar-refractivity contribution is 0.318. The summed E-state index contributed by atoms with van der Waals surface area (Å²) in [6.07, 6.45) is 0. The molecule has 0 radical (unpaired) electrons. The van der Waals surface area contributed by atoms with Crippen LogP contribution in [-0.2, 0) is 13.1 Å². The van der Waals surface area contributed by atoms with Crippen LogP contribution in [-0.4, -0.2) is 11.9 Å². The van der Waals surface area contributed by atoms with E-state index >= 15 is 0 Å². The molecule has 0 aromatic heterocycles. The van der Waals surface area contributed by atoms with Gasteiger partial charge in [-0.05, 0) is 48.5 Å². The molecule has 0 fully saturated rings. The lowest BCUT2D eigenvalue weighted by Gasteiger charge is -2.18. The van der Waals surface area contributed by atoms with Crippen molar-refractivity contribution in [2.75, 3.05) is 12.8 Å². The van der Waals surface area contributed by atoms with Crippen LogP contribution in [0.3, 0.4) is 0 Å². The topological polar surface area (TPSA) is 29.3 Å². The van der Waals surface area contributed by atoms with Crippen LogP contribution in [0.1, 0.15) is 11.1 Å². The Morgan fingerprint density at radius 2 is 1.95 bits per heavy atom. The first-order valence-corrected chi connectivity index (χ1v) is 6.81. The fourth-order valence-corrected chi connectivity index (χ4v) is 2.38. The second-order valence-electron chi connectivity index (χ2n) is 4.65. The highest BCUT2D eigenvalue weighted by Gasteiger charge is 2.06. The second-order valence-corrected chi connectivity index (χ2v) is 5.51. The lowest BCUT2D eigenvalue weighted by Crippen LogP contribution is -2.17. The first-order chi connectivity index (χ1) is 9.04. The summed E-state index contributed by atoms with van der Waals surface area (Å²) in [7, 11) is 2.00. The van der Waals surface area contributed by atoms with Crippen molar-refractivity contribution in [1.82, 2.24) is 4.90 Å². The standard InChI is InChI=1S/C15H16BrFN2/c1-19(9-11-3-2-4-13(17)7-11)10-12-8-14(18)5-6-15(12)16/h2-8H,9-10,18H2,1H3. The van der Waals surface area contributed by atoms with E-state index in [4.69, 9.17) is 5.73 Å². The summed E-state index contributed by atoms with van der Waals surface area (Å²) in [5, 5.41) is 0. The van der Waals surface area contributed by atoms with Gasteiger partial charge in [0.25, 0.3) is 0 Å². The van der Waals surface area contributed by atoms with Gasteiger partial charge >= 0.3 is 0 Å². The molecule has 0 bridgehead atoms. The van der Waals surface area contributed by atoms with Crippen LogP contribution in [0.25, 0.3) is 0 Å². The van der Waals surface area contributed by atoms with Gasteiger partial charge < -0.3 is 5.73 Å². The maximum atomic E-state index is 13.1. The van der Waals surface area contributed by atoms with Crippen molar-refractivity contribution >= 4 is 21.6 Å². The predicted octanol–water partition coefficient (Wildman–Crippen LogP) is 3.80. The van der Waals surface area contributed by atoms with Crippen LogP contribution < -0.4 is 5.73 Å². The molecule has 0 saturated heterocycles. The molecular formula is C15H16BrFN2. The number of hydrogen-bond donors (Lipinski definition) is 1. The molecular weight excluding hydrogens is 307 g/mol. The summed E-state index contributed by atoms with van der Waals surface area (Å²) in [6.45, 7) is 1.45. The zero-order valence-electron chi connectivity index (χ0n) is 10.7. The molecule has 0 saturated carbocycles. The van der Waals surface area contributed by atoms with E-state index in [1.807, 2.05) is 31.3 Å². The number of nitrogens with zero attached hydrogens (tertiary/aromatic N) is 1. The highest BCUT2D eigenvalue weighted by atomic mass is 79.9. The molecule has 0 heterocycles. The van der Waals surface area contributed by atoms with Crippen molar-refractivity contribution in [3.8, 4) is 0 Å². The Balaban J connectivity index is 2.05. The number of nitrogen functional groups attached to an aromatic ring is 1. The van der Waals surface area contributed by atoms with Crippen LogP contribution in [0.4, 0.5) is 10.1 Å². The summed E-state index contributed by atoms with van der Waals surface area (Å²) >= 11 is 3.51. The number of halogens is 2. The van der Waals surface area contributed by atoms with Crippen LogP contribution >= 0.6 is 15.9 Å². The van der Waals surface area contributed by atoms with Gasteiger partial charge in [-0.3, -0.25) is 4.90 Å². The fourth-order valence-electron chi connectivity index (χ4n) is 2.01. The number of nitrogens with two attached hydrogens (primary N) is 1. The zero-order valence-corrected chi connectivity index (χ0v) is 12.3. The highest BCUT2D eigenvalue weighted by Crippen LogP contribution is 2.21. The van der Waals surface area contributed by atoms with Crippen molar-refractivity contribution in [3.05, 3.63) is 63.9 Å². The van der Waals surface area contributed by atoms with Crippen LogP contribution in [0, 0.1) is 5.82 Å². The van der Waals surface area contributed by atoms with Crippen molar-refractivity contribution in [1.29, 1.82) is 0 Å². The summed E-state index contributed by atoms with van der Waals surface area (Å²) in [6, 6.07) is 12.4. The van der Waals surface area contributed by atoms with E-state index in [-0.39, 0.29) is 5.82 Å². The summed E-state index contributed by atoms with van der Waals surface area (Å²) in [5.74, 6) is -0.198. The largest absolute Gasteiger partial charge is 0.399 e. The Hall–Kier alpha value is -1.39. The van der Waals surface area contributed by atoms with Crippen LogP contribution in [0.15, 0.2) is 46.9 Å². The third kappa shape index (κ3) is 4.04. The summed E-state index contributed by atoms with van der Waals surface area (Å²) in [5.41, 5.74) is 8.62. The molecule has 0 amide bonds. The van der Waals surface area contributed by atoms with Crippen LogP contribution in [0.5, 0.6) is 0 Å². The lowest BCUT2D eigenvalue weighted by atomic mass is 10.1. The minimum Gasteiger partial charge on any atom is -0.399 e. The maximum absolute atomic E-state index is 13.1. The van der Waals surface area contributed by atoms with E-state index in [0.717, 1.165) is 27.8 Å². The molecule has 2 aromatic carbocycles. The van der Waals surface area contributed by atoms with Gasteiger partial charge in [-0.1, -0.05) is 28.1 Å². The molecule has 2 aromatic rings. The maximum Gasteiger partial charge on any atom is 0.123 e. The van der Waals surface area contributed by atoms with Gasteiger partial charge in [0, 0.05) is 23.2 Å². The molecule has 0 aliphatic heterocycles. The molecule has 0 spiro atoms. The average Bonchev–Trinajstić information content (AvgIpc) is 2.34. The number of anilines is 1. The Kier molecular flexibility index (Phi) is 4.56. The molecule has 0 aliphatic rings. The van der Waals surface area contributed by atoms with Crippen molar-refractivity contribution in [2.24, 2.45) is 0 Å². The predicted molar refractivity (Wildman–Crippen MR) is 80.1 cm³/mol. The van der Waals surface area contributed by atoms with Gasteiger partial charge in [-0.15, -0.1) is 0 Å².